The van der Waals surface area contributed by atoms with Gasteiger partial charge in [0.25, 0.3) is 0 Å². The number of carbonyl (C=O) groups is 1. The van der Waals surface area contributed by atoms with Crippen LogP contribution in [0.5, 0.6) is 0 Å². The minimum Gasteiger partial charge on any atom is -0.376 e. The molecule has 0 aromatic carbocycles. The van der Waals surface area contributed by atoms with Gasteiger partial charge >= 0.3 is 0 Å². The van der Waals surface area contributed by atoms with E-state index in [-0.39, 0.29) is 24.2 Å². The van der Waals surface area contributed by atoms with Crippen LogP contribution in [0, 0.1) is 0 Å². The van der Waals surface area contributed by atoms with Gasteiger partial charge in [-0.1, -0.05) is 0 Å². The molecule has 5 heteroatoms. The molecule has 5 nitrogen and oxygen atoms in total. The van der Waals surface area contributed by atoms with E-state index < -0.39 is 5.54 Å². The fourth-order valence-corrected chi connectivity index (χ4v) is 2.71. The third-order valence-electron chi connectivity index (χ3n) is 3.69. The van der Waals surface area contributed by atoms with Gasteiger partial charge in [-0.15, -0.1) is 0 Å². The second-order valence-corrected chi connectivity index (χ2v) is 6.33. The van der Waals surface area contributed by atoms with E-state index in [1.54, 1.807) is 0 Å². The van der Waals surface area contributed by atoms with Crippen LogP contribution in [-0.4, -0.2) is 42.9 Å². The number of rotatable bonds is 8. The number of hydrogen-bond acceptors (Lipinski definition) is 4. The molecular weight excluding hydrogens is 256 g/mol. The largest absolute Gasteiger partial charge is 0.376 e. The summed E-state index contributed by atoms with van der Waals surface area (Å²) in [5, 5.41) is 3.24. The molecule has 1 rings (SSSR count). The molecule has 1 aliphatic rings. The van der Waals surface area contributed by atoms with Gasteiger partial charge in [-0.3, -0.25) is 4.79 Å². The van der Waals surface area contributed by atoms with E-state index in [0.29, 0.717) is 13.0 Å². The van der Waals surface area contributed by atoms with Crippen LogP contribution in [0.2, 0.25) is 0 Å². The van der Waals surface area contributed by atoms with E-state index in [2.05, 4.69) is 5.32 Å². The Balaban J connectivity index is 2.40. The standard InChI is InChI=1S/C15H30N2O3/c1-11(2)17-15(4,14(16)18)9-12(3)20-10-13-7-5-6-8-19-13/h11-13,17H,5-10H2,1-4H3,(H2,16,18). The van der Waals surface area contributed by atoms with Gasteiger partial charge in [0.15, 0.2) is 0 Å². The molecule has 3 N–H and O–H groups in total. The lowest BCUT2D eigenvalue weighted by atomic mass is 9.93. The summed E-state index contributed by atoms with van der Waals surface area (Å²) in [6, 6.07) is 0.196. The molecule has 0 spiro atoms. The van der Waals surface area contributed by atoms with Crippen LogP contribution in [0.25, 0.3) is 0 Å². The Labute approximate surface area is 122 Å². The molecule has 20 heavy (non-hydrogen) atoms. The molecule has 1 heterocycles. The molecule has 0 aromatic heterocycles. The molecule has 3 atom stereocenters. The quantitative estimate of drug-likeness (QED) is 0.710. The lowest BCUT2D eigenvalue weighted by molar-refractivity contribution is -0.126. The van der Waals surface area contributed by atoms with Crippen LogP contribution in [0.1, 0.15) is 53.4 Å². The summed E-state index contributed by atoms with van der Waals surface area (Å²) >= 11 is 0. The van der Waals surface area contributed by atoms with Crippen molar-refractivity contribution in [2.24, 2.45) is 5.73 Å². The van der Waals surface area contributed by atoms with Crippen LogP contribution in [0.4, 0.5) is 0 Å². The zero-order valence-electron chi connectivity index (χ0n) is 13.3. The number of ether oxygens (including phenoxy) is 2. The van der Waals surface area contributed by atoms with Crippen LogP contribution >= 0.6 is 0 Å². The number of hydrogen-bond donors (Lipinski definition) is 2. The van der Waals surface area contributed by atoms with Crippen molar-refractivity contribution >= 4 is 5.91 Å². The molecule has 0 aromatic rings. The fraction of sp³-hybridized carbons (Fsp3) is 0.933. The van der Waals surface area contributed by atoms with Gasteiger partial charge in [0.2, 0.25) is 5.91 Å². The SMILES string of the molecule is CC(C)NC(C)(CC(C)OCC1CCCCO1)C(N)=O. The van der Waals surface area contributed by atoms with Crippen LogP contribution in [0.15, 0.2) is 0 Å². The molecule has 1 aliphatic heterocycles. The number of nitrogens with two attached hydrogens (primary N) is 1. The molecule has 0 radical (unpaired) electrons. The molecule has 0 aliphatic carbocycles. The van der Waals surface area contributed by atoms with Crippen molar-refractivity contribution in [1.82, 2.24) is 5.32 Å². The van der Waals surface area contributed by atoms with Gasteiger partial charge in [0, 0.05) is 19.1 Å². The average Bonchev–Trinajstić information content (AvgIpc) is 2.36. The van der Waals surface area contributed by atoms with Gasteiger partial charge in [-0.25, -0.2) is 0 Å². The molecule has 3 unspecified atom stereocenters. The van der Waals surface area contributed by atoms with Crippen molar-refractivity contribution in [3.63, 3.8) is 0 Å². The topological polar surface area (TPSA) is 73.6 Å². The highest BCUT2D eigenvalue weighted by Crippen LogP contribution is 2.18. The van der Waals surface area contributed by atoms with E-state index in [9.17, 15) is 4.79 Å². The molecule has 0 bridgehead atoms. The second-order valence-electron chi connectivity index (χ2n) is 6.33. The van der Waals surface area contributed by atoms with Crippen molar-refractivity contribution in [3.05, 3.63) is 0 Å². The summed E-state index contributed by atoms with van der Waals surface area (Å²) in [5.74, 6) is -0.337. The van der Waals surface area contributed by atoms with E-state index in [1.165, 1.54) is 6.42 Å². The summed E-state index contributed by atoms with van der Waals surface area (Å²) < 4.78 is 11.5. The highest BCUT2D eigenvalue weighted by atomic mass is 16.5. The lowest BCUT2D eigenvalue weighted by Crippen LogP contribution is -2.57. The second kappa shape index (κ2) is 7.96. The van der Waals surface area contributed by atoms with Crippen molar-refractivity contribution in [2.75, 3.05) is 13.2 Å². The van der Waals surface area contributed by atoms with Crippen LogP contribution in [-0.2, 0) is 14.3 Å². The first kappa shape index (κ1) is 17.4. The molecular formula is C15H30N2O3. The molecule has 1 saturated heterocycles. The highest BCUT2D eigenvalue weighted by Gasteiger charge is 2.33. The smallest absolute Gasteiger partial charge is 0.237 e. The van der Waals surface area contributed by atoms with E-state index in [4.69, 9.17) is 15.2 Å². The predicted molar refractivity (Wildman–Crippen MR) is 79.5 cm³/mol. The van der Waals surface area contributed by atoms with Crippen molar-refractivity contribution in [2.45, 2.75) is 77.2 Å². The van der Waals surface area contributed by atoms with Gasteiger partial charge in [0.05, 0.1) is 24.4 Å². The zero-order valence-corrected chi connectivity index (χ0v) is 13.3. The molecule has 0 saturated carbocycles. The van der Waals surface area contributed by atoms with Gasteiger partial charge in [0.1, 0.15) is 0 Å². The van der Waals surface area contributed by atoms with Gasteiger partial charge in [-0.2, -0.15) is 0 Å². The van der Waals surface area contributed by atoms with E-state index in [0.717, 1.165) is 19.4 Å². The minimum atomic E-state index is -0.735. The fourth-order valence-electron chi connectivity index (χ4n) is 2.71. The highest BCUT2D eigenvalue weighted by molar-refractivity contribution is 5.84. The number of nitrogens with one attached hydrogen (secondary N) is 1. The Morgan fingerprint density at radius 3 is 2.65 bits per heavy atom. The van der Waals surface area contributed by atoms with E-state index >= 15 is 0 Å². The number of primary amides is 1. The van der Waals surface area contributed by atoms with Gasteiger partial charge < -0.3 is 20.5 Å². The summed E-state index contributed by atoms with van der Waals surface area (Å²) in [6.07, 6.45) is 4.13. The van der Waals surface area contributed by atoms with Gasteiger partial charge in [-0.05, 0) is 47.0 Å². The summed E-state index contributed by atoms with van der Waals surface area (Å²) in [5.41, 5.74) is 4.79. The first-order chi connectivity index (χ1) is 9.33. The Kier molecular flexibility index (Phi) is 6.92. The maximum atomic E-state index is 11.7. The van der Waals surface area contributed by atoms with Crippen LogP contribution in [0.3, 0.4) is 0 Å². The first-order valence-electron chi connectivity index (χ1n) is 7.64. The summed E-state index contributed by atoms with van der Waals surface area (Å²) in [7, 11) is 0. The molecule has 118 valence electrons. The van der Waals surface area contributed by atoms with Crippen molar-refractivity contribution in [3.8, 4) is 0 Å². The van der Waals surface area contributed by atoms with E-state index in [1.807, 2.05) is 27.7 Å². The van der Waals surface area contributed by atoms with Crippen molar-refractivity contribution < 1.29 is 14.3 Å². The summed E-state index contributed by atoms with van der Waals surface area (Å²) in [6.45, 7) is 9.25. The predicted octanol–water partition coefficient (Wildman–Crippen LogP) is 1.59. The third kappa shape index (κ3) is 5.77. The number of carbonyl (C=O) groups excluding carboxylic acids is 1. The van der Waals surface area contributed by atoms with Crippen molar-refractivity contribution in [1.29, 1.82) is 0 Å². The molecule has 1 amide bonds. The number of amides is 1. The Morgan fingerprint density at radius 2 is 2.15 bits per heavy atom. The maximum absolute atomic E-state index is 11.7. The Morgan fingerprint density at radius 1 is 1.45 bits per heavy atom. The zero-order chi connectivity index (χ0) is 15.2. The normalized spacial score (nSPS) is 24.4. The monoisotopic (exact) mass is 286 g/mol. The van der Waals surface area contributed by atoms with Crippen LogP contribution < -0.4 is 11.1 Å². The first-order valence-corrected chi connectivity index (χ1v) is 7.64. The lowest BCUT2D eigenvalue weighted by Gasteiger charge is -2.33. The Hall–Kier alpha value is -0.650. The maximum Gasteiger partial charge on any atom is 0.237 e. The minimum absolute atomic E-state index is 0.0377. The molecule has 1 fully saturated rings. The third-order valence-corrected chi connectivity index (χ3v) is 3.69. The average molecular weight is 286 g/mol. The summed E-state index contributed by atoms with van der Waals surface area (Å²) in [4.78, 5) is 11.7. The Bertz CT molecular complexity index is 303.